The predicted molar refractivity (Wildman–Crippen MR) is 396 cm³/mol. The van der Waals surface area contributed by atoms with Crippen LogP contribution < -0.4 is 21.3 Å². The Labute approximate surface area is 609 Å². The monoisotopic (exact) mass is 1430 g/mol. The Morgan fingerprint density at radius 3 is 0.781 bits per heavy atom. The van der Waals surface area contributed by atoms with Crippen molar-refractivity contribution in [2.75, 3.05) is 21.3 Å². The number of aryl methyl sites for hydroxylation is 3. The number of hydrogen-bond donors (Lipinski definition) is 8. The molecule has 12 nitrogen and oxygen atoms in total. The van der Waals surface area contributed by atoms with E-state index in [0.717, 1.165) is 142 Å². The molecular formula is C87H92F6N4O8. The number of hydrogen-bond acceptors (Lipinski definition) is 8. The van der Waals surface area contributed by atoms with Gasteiger partial charge >= 0.3 is 6.18 Å². The molecule has 16 rings (SSSR count). The van der Waals surface area contributed by atoms with Crippen molar-refractivity contribution >= 4 is 46.4 Å². The van der Waals surface area contributed by atoms with Gasteiger partial charge < -0.3 is 41.7 Å². The van der Waals surface area contributed by atoms with E-state index >= 15 is 0 Å². The van der Waals surface area contributed by atoms with Crippen molar-refractivity contribution in [2.24, 2.45) is 23.7 Å². The summed E-state index contributed by atoms with van der Waals surface area (Å²) in [4.78, 5) is 53.5. The lowest BCUT2D eigenvalue weighted by atomic mass is 9.62. The molecule has 8 aliphatic rings. The summed E-state index contributed by atoms with van der Waals surface area (Å²) < 4.78 is 83.4. The molecule has 18 heteroatoms. The smallest absolute Gasteiger partial charge is 0.416 e. The molecule has 4 fully saturated rings. The largest absolute Gasteiger partial charge is 0.508 e. The minimum absolute atomic E-state index is 0.0134. The average molecular weight is 1440 g/mol. The van der Waals surface area contributed by atoms with Crippen LogP contribution in [0.3, 0.4) is 0 Å². The van der Waals surface area contributed by atoms with Crippen molar-refractivity contribution in [2.45, 2.75) is 198 Å². The SMILES string of the molecule is Cc1c(C(F)(F)F)ccc2c1NC(=O)C2(c1ccc(O)cc1)C1CCCC1.Cc1cc2c(c(C)c1F)NC(=O)C2(c1ccc(O)cc1)C1CCCC1.Cc1cc2c(c(C)c1F)NC(=O)C2(c1ccc(O)cc1)C1CCCCC1.Cc1cc2c(c(C)c1F)NC(=O)C2(c1ccc(O)cc1)C1CCCCCC1. The van der Waals surface area contributed by atoms with Crippen LogP contribution >= 0.6 is 0 Å². The molecular weight excluding hydrogens is 1340 g/mol. The number of carbonyl (C=O) groups excluding carboxylic acids is 4. The lowest BCUT2D eigenvalue weighted by Gasteiger charge is -2.39. The summed E-state index contributed by atoms with van der Waals surface area (Å²) in [6.07, 6.45) is 15.2. The minimum atomic E-state index is -4.47. The van der Waals surface area contributed by atoms with Gasteiger partial charge in [0.2, 0.25) is 23.6 Å². The summed E-state index contributed by atoms with van der Waals surface area (Å²) in [5.41, 5.74) is 7.82. The van der Waals surface area contributed by atoms with Crippen LogP contribution in [0.4, 0.5) is 49.1 Å². The Hall–Kier alpha value is -9.58. The summed E-state index contributed by atoms with van der Waals surface area (Å²) in [5.74, 6) is -0.108. The summed E-state index contributed by atoms with van der Waals surface area (Å²) in [6, 6.07) is 35.4. The van der Waals surface area contributed by atoms with E-state index < -0.39 is 33.4 Å². The maximum Gasteiger partial charge on any atom is 0.416 e. The van der Waals surface area contributed by atoms with Gasteiger partial charge in [-0.3, -0.25) is 19.2 Å². The van der Waals surface area contributed by atoms with Gasteiger partial charge in [0, 0.05) is 22.4 Å². The highest BCUT2D eigenvalue weighted by Gasteiger charge is 2.59. The number of carbonyl (C=O) groups is 4. The van der Waals surface area contributed by atoms with Crippen LogP contribution in [0.15, 0.2) is 127 Å². The van der Waals surface area contributed by atoms with Crippen molar-refractivity contribution < 1.29 is 65.9 Å². The predicted octanol–water partition coefficient (Wildman–Crippen LogP) is 20.0. The van der Waals surface area contributed by atoms with Gasteiger partial charge in [-0.15, -0.1) is 0 Å². The van der Waals surface area contributed by atoms with E-state index in [1.165, 1.54) is 44.4 Å². The van der Waals surface area contributed by atoms with Crippen LogP contribution in [-0.2, 0) is 47.0 Å². The number of nitrogens with one attached hydrogen (secondary N) is 4. The van der Waals surface area contributed by atoms with E-state index in [9.17, 15) is 65.9 Å². The summed E-state index contributed by atoms with van der Waals surface area (Å²) >= 11 is 0. The molecule has 0 radical (unpaired) electrons. The second kappa shape index (κ2) is 28.7. The Morgan fingerprint density at radius 1 is 0.314 bits per heavy atom. The second-order valence-electron chi connectivity index (χ2n) is 30.5. The van der Waals surface area contributed by atoms with Gasteiger partial charge in [-0.1, -0.05) is 125 Å². The highest BCUT2D eigenvalue weighted by atomic mass is 19.4. The van der Waals surface area contributed by atoms with Crippen LogP contribution in [0, 0.1) is 89.6 Å². The van der Waals surface area contributed by atoms with E-state index in [1.807, 2.05) is 54.6 Å². The van der Waals surface area contributed by atoms with Crippen LogP contribution in [0.25, 0.3) is 0 Å². The fourth-order valence-electron chi connectivity index (χ4n) is 19.7. The van der Waals surface area contributed by atoms with Crippen LogP contribution in [0.5, 0.6) is 23.0 Å². The Bertz CT molecular complexity index is 4690. The molecule has 8 aromatic carbocycles. The first-order valence-electron chi connectivity index (χ1n) is 37.2. The molecule has 0 aromatic heterocycles. The molecule has 4 amide bonds. The molecule has 4 aliphatic heterocycles. The Balaban J connectivity index is 0.000000124. The van der Waals surface area contributed by atoms with Gasteiger partial charge in [0.15, 0.2) is 0 Å². The molecule has 105 heavy (non-hydrogen) atoms. The summed E-state index contributed by atoms with van der Waals surface area (Å²) in [7, 11) is 0. The van der Waals surface area contributed by atoms with Crippen molar-refractivity contribution in [3.63, 3.8) is 0 Å². The standard InChI is InChI=1S/C23H26FNO2.C22H24FNO2.C21H20F3NO2.C21H22FNO2/c1-14-13-19-21(15(2)20(14)24)25-22(27)23(19,16-7-5-3-4-6-8-16)17-9-11-18(26)12-10-17;1-13-12-18-20(14(2)19(13)23)24-21(26)22(18,15-6-4-3-5-7-15)16-8-10-17(25)11-9-16;1-12-16(21(22,23)24)10-11-17-18(12)25-19(27)20(17,13-4-2-3-5-13)14-6-8-15(26)9-7-14;1-12-11-17-19(13(2)18(12)22)23-20(25)21(17,14-5-3-4-6-14)15-7-9-16(24)10-8-15/h9-13,16,26H,3-8H2,1-2H3,(H,25,27);8-12,15,25H,3-7H2,1-2H3,(H,24,26);6-11,13,26H,2-5H2,1H3,(H,25,27);7-11,14,24H,3-6H2,1-2H3,(H,23,25). The number of amides is 4. The van der Waals surface area contributed by atoms with Crippen molar-refractivity contribution in [1.29, 1.82) is 0 Å². The number of alkyl halides is 3. The normalized spacial score (nSPS) is 22.9. The molecule has 550 valence electrons. The number of anilines is 4. The molecule has 4 saturated carbocycles. The van der Waals surface area contributed by atoms with Crippen molar-refractivity contribution in [1.82, 2.24) is 0 Å². The van der Waals surface area contributed by atoms with Gasteiger partial charge in [-0.25, -0.2) is 13.2 Å². The zero-order valence-electron chi connectivity index (χ0n) is 60.6. The van der Waals surface area contributed by atoms with E-state index in [0.29, 0.717) is 61.6 Å². The van der Waals surface area contributed by atoms with Gasteiger partial charge in [-0.2, -0.15) is 13.2 Å². The third-order valence-corrected chi connectivity index (χ3v) is 24.8. The Morgan fingerprint density at radius 2 is 0.533 bits per heavy atom. The third-order valence-electron chi connectivity index (χ3n) is 24.8. The highest BCUT2D eigenvalue weighted by molar-refractivity contribution is 6.13. The number of rotatable bonds is 8. The fourth-order valence-corrected chi connectivity index (χ4v) is 19.7. The lowest BCUT2D eigenvalue weighted by molar-refractivity contribution is -0.138. The first kappa shape index (κ1) is 73.7. The summed E-state index contributed by atoms with van der Waals surface area (Å²) in [6.45, 7) is 11.9. The molecule has 4 aliphatic carbocycles. The molecule has 8 aromatic rings. The molecule has 0 bridgehead atoms. The number of phenols is 4. The maximum atomic E-state index is 14.5. The van der Waals surface area contributed by atoms with Gasteiger partial charge in [0.1, 0.15) is 62.1 Å². The maximum absolute atomic E-state index is 14.5. The zero-order valence-corrected chi connectivity index (χ0v) is 60.6. The number of aromatic hydroxyl groups is 4. The van der Waals surface area contributed by atoms with E-state index in [1.54, 1.807) is 90.1 Å². The first-order chi connectivity index (χ1) is 50.1. The fraction of sp³-hybridized carbons (Fsp3) is 0.402. The molecule has 4 heterocycles. The van der Waals surface area contributed by atoms with Crippen molar-refractivity contribution in [3.05, 3.63) is 234 Å². The van der Waals surface area contributed by atoms with Gasteiger partial charge in [-0.05, 0) is 263 Å². The van der Waals surface area contributed by atoms with E-state index in [2.05, 4.69) is 21.3 Å². The van der Waals surface area contributed by atoms with Crippen molar-refractivity contribution in [3.8, 4) is 23.0 Å². The second-order valence-corrected chi connectivity index (χ2v) is 30.5. The van der Waals surface area contributed by atoms with E-state index in [4.69, 9.17) is 0 Å². The van der Waals surface area contributed by atoms with Crippen LogP contribution in [0.1, 0.15) is 211 Å². The molecule has 0 spiro atoms. The first-order valence-corrected chi connectivity index (χ1v) is 37.2. The lowest BCUT2D eigenvalue weighted by Crippen LogP contribution is -2.43. The minimum Gasteiger partial charge on any atom is -0.508 e. The number of phenolic OH excluding ortho intramolecular Hbond substituents is 4. The topological polar surface area (TPSA) is 197 Å². The average Bonchev–Trinajstić information content (AvgIpc) is 1.60. The van der Waals surface area contributed by atoms with Crippen LogP contribution in [0.2, 0.25) is 0 Å². The van der Waals surface area contributed by atoms with Gasteiger partial charge in [0.25, 0.3) is 0 Å². The molecule has 4 atom stereocenters. The quantitative estimate of drug-likeness (QED) is 0.0543. The Kier molecular flexibility index (Phi) is 20.2. The van der Waals surface area contributed by atoms with Gasteiger partial charge in [0.05, 0.1) is 22.6 Å². The van der Waals surface area contributed by atoms with E-state index in [-0.39, 0.29) is 99.0 Å². The highest BCUT2D eigenvalue weighted by Crippen LogP contribution is 2.59. The third kappa shape index (κ3) is 12.3. The molecule has 4 unspecified atom stereocenters. The number of halogens is 6. The number of fused-ring (bicyclic) bond motifs is 4. The van der Waals surface area contributed by atoms with Crippen LogP contribution in [-0.4, -0.2) is 44.1 Å². The zero-order chi connectivity index (χ0) is 74.8. The molecule has 8 N–H and O–H groups in total. The number of benzene rings is 8. The molecule has 0 saturated heterocycles. The summed E-state index contributed by atoms with van der Waals surface area (Å²) in [5, 5.41) is 50.6.